The Morgan fingerprint density at radius 3 is 2.89 bits per heavy atom. The Bertz CT molecular complexity index is 485. The minimum Gasteiger partial charge on any atom is -0.342 e. The summed E-state index contributed by atoms with van der Waals surface area (Å²) in [5, 5.41) is 3.98. The van der Waals surface area contributed by atoms with E-state index < -0.39 is 0 Å². The van der Waals surface area contributed by atoms with Gasteiger partial charge in [-0.25, -0.2) is 0 Å². The number of benzene rings is 1. The Hall–Kier alpha value is -1.32. The smallest absolute Gasteiger partial charge is 0.250 e. The van der Waals surface area contributed by atoms with E-state index in [1.54, 1.807) is 4.90 Å². The van der Waals surface area contributed by atoms with E-state index in [9.17, 15) is 4.79 Å². The van der Waals surface area contributed by atoms with Gasteiger partial charge in [-0.3, -0.25) is 4.79 Å². The summed E-state index contributed by atoms with van der Waals surface area (Å²) >= 11 is 6.11. The van der Waals surface area contributed by atoms with Crippen molar-refractivity contribution in [2.75, 3.05) is 26.7 Å². The number of amides is 1. The molecule has 0 fully saturated rings. The van der Waals surface area contributed by atoms with Crippen molar-refractivity contribution in [2.45, 2.75) is 12.8 Å². The number of rotatable bonds is 4. The number of halogens is 1. The van der Waals surface area contributed by atoms with Crippen LogP contribution in [0.1, 0.15) is 12.0 Å². The number of carbonyl (C=O) groups excluding carboxylic acids is 1. The van der Waals surface area contributed by atoms with Gasteiger partial charge < -0.3 is 10.2 Å². The fourth-order valence-electron chi connectivity index (χ4n) is 2.14. The maximum absolute atomic E-state index is 12.2. The van der Waals surface area contributed by atoms with Crippen LogP contribution in [0.3, 0.4) is 0 Å². The van der Waals surface area contributed by atoms with Crippen LogP contribution in [0, 0.1) is 0 Å². The quantitative estimate of drug-likeness (QED) is 0.916. The maximum atomic E-state index is 12.2. The second-order valence-corrected chi connectivity index (χ2v) is 5.17. The lowest BCUT2D eigenvalue weighted by Crippen LogP contribution is -2.35. The fourth-order valence-corrected chi connectivity index (χ4v) is 2.37. The average Bonchev–Trinajstić information content (AvgIpc) is 2.46. The Kier molecular flexibility index (Phi) is 5.00. The van der Waals surface area contributed by atoms with Gasteiger partial charge in [-0.15, -0.1) is 0 Å². The van der Waals surface area contributed by atoms with E-state index in [2.05, 4.69) is 5.32 Å². The van der Waals surface area contributed by atoms with E-state index in [0.717, 1.165) is 35.5 Å². The van der Waals surface area contributed by atoms with Crippen molar-refractivity contribution in [2.24, 2.45) is 0 Å². The molecule has 0 unspecified atom stereocenters. The maximum Gasteiger partial charge on any atom is 0.250 e. The van der Waals surface area contributed by atoms with Gasteiger partial charge in [0.15, 0.2) is 0 Å². The first-order valence-electron chi connectivity index (χ1n) is 6.57. The molecule has 0 saturated carbocycles. The second-order valence-electron chi connectivity index (χ2n) is 4.76. The number of carbonyl (C=O) groups is 1. The van der Waals surface area contributed by atoms with Crippen molar-refractivity contribution in [3.63, 3.8) is 0 Å². The molecule has 0 atom stereocenters. The van der Waals surface area contributed by atoms with Crippen molar-refractivity contribution < 1.29 is 4.79 Å². The van der Waals surface area contributed by atoms with Crippen LogP contribution in [0.25, 0.3) is 0 Å². The zero-order valence-corrected chi connectivity index (χ0v) is 11.9. The Labute approximate surface area is 119 Å². The van der Waals surface area contributed by atoms with Crippen molar-refractivity contribution >= 4 is 17.5 Å². The molecule has 0 bridgehead atoms. The van der Waals surface area contributed by atoms with E-state index in [4.69, 9.17) is 11.6 Å². The standard InChI is InChI=1S/C15H19ClN2O/c1-18(15(19)13-6-4-9-17-11-13)10-8-12-5-2-3-7-14(12)16/h2-3,5-7,17H,4,8-11H2,1H3. The minimum atomic E-state index is 0.110. The SMILES string of the molecule is CN(CCc1ccccc1Cl)C(=O)C1=CCCNC1. The van der Waals surface area contributed by atoms with E-state index in [-0.39, 0.29) is 5.91 Å². The van der Waals surface area contributed by atoms with Crippen molar-refractivity contribution in [1.82, 2.24) is 10.2 Å². The van der Waals surface area contributed by atoms with Crippen molar-refractivity contribution in [3.05, 3.63) is 46.5 Å². The van der Waals surface area contributed by atoms with E-state index in [1.807, 2.05) is 37.4 Å². The fraction of sp³-hybridized carbons (Fsp3) is 0.400. The molecular formula is C15H19ClN2O. The lowest BCUT2D eigenvalue weighted by molar-refractivity contribution is -0.126. The van der Waals surface area contributed by atoms with Crippen molar-refractivity contribution in [3.8, 4) is 0 Å². The lowest BCUT2D eigenvalue weighted by Gasteiger charge is -2.21. The molecule has 0 spiro atoms. The number of likely N-dealkylation sites (N-methyl/N-ethyl adjacent to an activating group) is 1. The zero-order valence-electron chi connectivity index (χ0n) is 11.2. The topological polar surface area (TPSA) is 32.3 Å². The molecule has 1 aromatic rings. The van der Waals surface area contributed by atoms with Crippen LogP contribution in [0.2, 0.25) is 5.02 Å². The van der Waals surface area contributed by atoms with Gasteiger partial charge in [0.05, 0.1) is 0 Å². The van der Waals surface area contributed by atoms with Crippen LogP contribution in [-0.2, 0) is 11.2 Å². The molecule has 0 aromatic heterocycles. The summed E-state index contributed by atoms with van der Waals surface area (Å²) in [7, 11) is 1.84. The predicted octanol–water partition coefficient (Wildman–Crippen LogP) is 2.26. The molecule has 0 saturated heterocycles. The molecular weight excluding hydrogens is 260 g/mol. The van der Waals surface area contributed by atoms with Gasteiger partial charge in [-0.2, -0.15) is 0 Å². The summed E-state index contributed by atoms with van der Waals surface area (Å²) < 4.78 is 0. The Balaban J connectivity index is 1.90. The number of hydrogen-bond donors (Lipinski definition) is 1. The first kappa shape index (κ1) is 14.1. The van der Waals surface area contributed by atoms with Crippen LogP contribution in [0.5, 0.6) is 0 Å². The first-order chi connectivity index (χ1) is 9.18. The first-order valence-corrected chi connectivity index (χ1v) is 6.95. The molecule has 0 radical (unpaired) electrons. The van der Waals surface area contributed by atoms with E-state index >= 15 is 0 Å². The monoisotopic (exact) mass is 278 g/mol. The van der Waals surface area contributed by atoms with Gasteiger partial charge in [0.1, 0.15) is 0 Å². The molecule has 1 aliphatic heterocycles. The molecule has 19 heavy (non-hydrogen) atoms. The molecule has 1 aliphatic rings. The van der Waals surface area contributed by atoms with Crippen LogP contribution >= 0.6 is 11.6 Å². The van der Waals surface area contributed by atoms with Gasteiger partial charge in [0.25, 0.3) is 5.91 Å². The Morgan fingerprint density at radius 2 is 2.21 bits per heavy atom. The average molecular weight is 279 g/mol. The Morgan fingerprint density at radius 1 is 1.42 bits per heavy atom. The predicted molar refractivity (Wildman–Crippen MR) is 78.4 cm³/mol. The third kappa shape index (κ3) is 3.82. The summed E-state index contributed by atoms with van der Waals surface area (Å²) in [4.78, 5) is 14.0. The number of hydrogen-bond acceptors (Lipinski definition) is 2. The van der Waals surface area contributed by atoms with Crippen LogP contribution in [0.15, 0.2) is 35.9 Å². The summed E-state index contributed by atoms with van der Waals surface area (Å²) in [5.41, 5.74) is 1.95. The molecule has 1 N–H and O–H groups in total. The number of nitrogens with one attached hydrogen (secondary N) is 1. The van der Waals surface area contributed by atoms with Crippen LogP contribution < -0.4 is 5.32 Å². The normalized spacial score (nSPS) is 14.9. The third-order valence-electron chi connectivity index (χ3n) is 3.32. The summed E-state index contributed by atoms with van der Waals surface area (Å²) in [5.74, 6) is 0.110. The number of nitrogens with zero attached hydrogens (tertiary/aromatic N) is 1. The van der Waals surface area contributed by atoms with Gasteiger partial charge in [0.2, 0.25) is 0 Å². The zero-order chi connectivity index (χ0) is 13.7. The largest absolute Gasteiger partial charge is 0.342 e. The van der Waals surface area contributed by atoms with Gasteiger partial charge >= 0.3 is 0 Å². The molecule has 4 heteroatoms. The van der Waals surface area contributed by atoms with Gasteiger partial charge in [-0.05, 0) is 31.0 Å². The highest BCUT2D eigenvalue weighted by Gasteiger charge is 2.16. The van der Waals surface area contributed by atoms with Gasteiger partial charge in [-0.1, -0.05) is 35.9 Å². The van der Waals surface area contributed by atoms with E-state index in [1.165, 1.54) is 0 Å². The highest BCUT2D eigenvalue weighted by molar-refractivity contribution is 6.31. The molecule has 3 nitrogen and oxygen atoms in total. The minimum absolute atomic E-state index is 0.110. The molecule has 0 aliphatic carbocycles. The van der Waals surface area contributed by atoms with Crippen LogP contribution in [0.4, 0.5) is 0 Å². The summed E-state index contributed by atoms with van der Waals surface area (Å²) in [6, 6.07) is 7.77. The third-order valence-corrected chi connectivity index (χ3v) is 3.69. The van der Waals surface area contributed by atoms with E-state index in [0.29, 0.717) is 13.1 Å². The highest BCUT2D eigenvalue weighted by Crippen LogP contribution is 2.16. The second kappa shape index (κ2) is 6.73. The molecule has 1 aromatic carbocycles. The molecule has 2 rings (SSSR count). The summed E-state index contributed by atoms with van der Waals surface area (Å²) in [6.45, 7) is 2.31. The highest BCUT2D eigenvalue weighted by atomic mass is 35.5. The molecule has 102 valence electrons. The van der Waals surface area contributed by atoms with Gasteiger partial charge in [0, 0.05) is 30.7 Å². The summed E-state index contributed by atoms with van der Waals surface area (Å²) in [6.07, 6.45) is 3.74. The van der Waals surface area contributed by atoms with Crippen molar-refractivity contribution in [1.29, 1.82) is 0 Å². The lowest BCUT2D eigenvalue weighted by atomic mass is 10.1. The molecule has 1 amide bonds. The van der Waals surface area contributed by atoms with Crippen LogP contribution in [-0.4, -0.2) is 37.5 Å². The molecule has 1 heterocycles.